The highest BCUT2D eigenvalue weighted by Gasteiger charge is 2.22. The Morgan fingerprint density at radius 1 is 1.40 bits per heavy atom. The Bertz CT molecular complexity index is 559. The largest absolute Gasteiger partial charge is 0.345 e. The molecule has 0 radical (unpaired) electrons. The third kappa shape index (κ3) is 2.99. The number of aromatic amines is 1. The smallest absolute Gasteiger partial charge is 0.237 e. The molecule has 1 amide bonds. The minimum absolute atomic E-state index is 0.132. The van der Waals surface area contributed by atoms with Gasteiger partial charge in [0.15, 0.2) is 0 Å². The van der Waals surface area contributed by atoms with Crippen molar-refractivity contribution in [2.45, 2.75) is 39.3 Å². The molecule has 2 aromatic rings. The number of rotatable bonds is 5. The van der Waals surface area contributed by atoms with Gasteiger partial charge in [-0.1, -0.05) is 32.4 Å². The molecule has 0 saturated heterocycles. The number of benzene rings is 1. The van der Waals surface area contributed by atoms with Crippen molar-refractivity contribution in [1.82, 2.24) is 15.3 Å². The average molecular weight is 274 g/mol. The van der Waals surface area contributed by atoms with Crippen LogP contribution in [0.4, 0.5) is 0 Å². The van der Waals surface area contributed by atoms with Gasteiger partial charge < -0.3 is 16.0 Å². The van der Waals surface area contributed by atoms with Gasteiger partial charge in [-0.15, -0.1) is 0 Å². The van der Waals surface area contributed by atoms with E-state index in [0.717, 1.165) is 23.3 Å². The molecular weight excluding hydrogens is 252 g/mol. The number of carbonyl (C=O) groups excluding carboxylic acids is 1. The molecule has 5 nitrogen and oxygen atoms in total. The van der Waals surface area contributed by atoms with Crippen LogP contribution in [0.25, 0.3) is 11.0 Å². The predicted molar refractivity (Wildman–Crippen MR) is 80.1 cm³/mol. The van der Waals surface area contributed by atoms with Crippen molar-refractivity contribution in [3.63, 3.8) is 0 Å². The number of fused-ring (bicyclic) bond motifs is 1. The lowest BCUT2D eigenvalue weighted by molar-refractivity contribution is -0.124. The van der Waals surface area contributed by atoms with E-state index in [9.17, 15) is 4.79 Å². The summed E-state index contributed by atoms with van der Waals surface area (Å²) in [5, 5.41) is 2.91. The van der Waals surface area contributed by atoms with Crippen LogP contribution in [0.3, 0.4) is 0 Å². The third-order valence-electron chi connectivity index (χ3n) is 3.74. The summed E-state index contributed by atoms with van der Waals surface area (Å²) in [5.74, 6) is 0.779. The zero-order chi connectivity index (χ0) is 14.7. The zero-order valence-electron chi connectivity index (χ0n) is 12.2. The summed E-state index contributed by atoms with van der Waals surface area (Å²) in [6.45, 7) is 5.91. The number of imidazole rings is 1. The Balaban J connectivity index is 2.07. The second kappa shape index (κ2) is 6.05. The first kappa shape index (κ1) is 14.5. The van der Waals surface area contributed by atoms with Crippen molar-refractivity contribution in [3.8, 4) is 0 Å². The van der Waals surface area contributed by atoms with Gasteiger partial charge in [0.1, 0.15) is 5.82 Å². The number of nitrogens with zero attached hydrogens (tertiary/aromatic N) is 1. The number of carbonyl (C=O) groups is 1. The van der Waals surface area contributed by atoms with E-state index in [0.29, 0.717) is 0 Å². The first-order valence-electron chi connectivity index (χ1n) is 7.03. The van der Waals surface area contributed by atoms with Crippen LogP contribution in [0.15, 0.2) is 24.3 Å². The van der Waals surface area contributed by atoms with Crippen molar-refractivity contribution >= 4 is 16.9 Å². The average Bonchev–Trinajstić information content (AvgIpc) is 2.89. The number of nitrogens with one attached hydrogen (secondary N) is 2. The molecule has 0 aliphatic rings. The summed E-state index contributed by atoms with van der Waals surface area (Å²) >= 11 is 0. The zero-order valence-corrected chi connectivity index (χ0v) is 12.2. The minimum atomic E-state index is -0.480. The Labute approximate surface area is 119 Å². The molecule has 1 aromatic heterocycles. The normalized spacial score (nSPS) is 15.8. The van der Waals surface area contributed by atoms with Gasteiger partial charge in [-0.2, -0.15) is 0 Å². The molecule has 4 N–H and O–H groups in total. The number of H-pyrrole nitrogens is 1. The molecule has 108 valence electrons. The van der Waals surface area contributed by atoms with Crippen molar-refractivity contribution < 1.29 is 4.79 Å². The maximum atomic E-state index is 12.1. The van der Waals surface area contributed by atoms with Crippen LogP contribution < -0.4 is 11.1 Å². The standard InChI is InChI=1S/C15H22N4O/c1-4-9(2)13(16)15(20)17-10(3)14-18-11-7-5-6-8-12(11)19-14/h5-10,13H,4,16H2,1-3H3,(H,17,20)(H,18,19)/t9?,10-,13-/m0/s1. The van der Waals surface area contributed by atoms with Gasteiger partial charge in [0.2, 0.25) is 5.91 Å². The second-order valence-corrected chi connectivity index (χ2v) is 5.28. The van der Waals surface area contributed by atoms with Gasteiger partial charge in [-0.05, 0) is 25.0 Å². The number of nitrogens with two attached hydrogens (primary N) is 1. The fourth-order valence-electron chi connectivity index (χ4n) is 2.07. The summed E-state index contributed by atoms with van der Waals surface area (Å²) in [5.41, 5.74) is 7.80. The molecule has 3 atom stereocenters. The minimum Gasteiger partial charge on any atom is -0.345 e. The predicted octanol–water partition coefficient (Wildman–Crippen LogP) is 2.11. The van der Waals surface area contributed by atoms with Gasteiger partial charge >= 0.3 is 0 Å². The first-order chi connectivity index (χ1) is 9.52. The van der Waals surface area contributed by atoms with Gasteiger partial charge in [0.05, 0.1) is 23.1 Å². The maximum Gasteiger partial charge on any atom is 0.237 e. The number of aromatic nitrogens is 2. The SMILES string of the molecule is CCC(C)[C@H](N)C(=O)N[C@@H](C)c1nc2ccccc2[nH]1. The summed E-state index contributed by atoms with van der Waals surface area (Å²) < 4.78 is 0. The monoisotopic (exact) mass is 274 g/mol. The summed E-state index contributed by atoms with van der Waals surface area (Å²) in [4.78, 5) is 19.8. The number of hydrogen-bond donors (Lipinski definition) is 3. The van der Waals surface area contributed by atoms with E-state index in [2.05, 4.69) is 15.3 Å². The van der Waals surface area contributed by atoms with Crippen LogP contribution in [-0.4, -0.2) is 21.9 Å². The number of amides is 1. The van der Waals surface area contributed by atoms with E-state index >= 15 is 0 Å². The van der Waals surface area contributed by atoms with E-state index < -0.39 is 6.04 Å². The highest BCUT2D eigenvalue weighted by Crippen LogP contribution is 2.16. The van der Waals surface area contributed by atoms with Crippen LogP contribution in [0.1, 0.15) is 39.1 Å². The van der Waals surface area contributed by atoms with Crippen LogP contribution in [0.2, 0.25) is 0 Å². The summed E-state index contributed by atoms with van der Waals surface area (Å²) in [6.07, 6.45) is 0.883. The topological polar surface area (TPSA) is 83.8 Å². The van der Waals surface area contributed by atoms with Crippen LogP contribution >= 0.6 is 0 Å². The molecular formula is C15H22N4O. The Morgan fingerprint density at radius 2 is 2.10 bits per heavy atom. The Kier molecular flexibility index (Phi) is 4.39. The van der Waals surface area contributed by atoms with Crippen molar-refractivity contribution in [3.05, 3.63) is 30.1 Å². The molecule has 1 aromatic carbocycles. The molecule has 1 heterocycles. The van der Waals surface area contributed by atoms with E-state index in [1.54, 1.807) is 0 Å². The van der Waals surface area contributed by atoms with Gasteiger partial charge in [0, 0.05) is 0 Å². The fraction of sp³-hybridized carbons (Fsp3) is 0.467. The fourth-order valence-corrected chi connectivity index (χ4v) is 2.07. The van der Waals surface area contributed by atoms with Gasteiger partial charge in [0.25, 0.3) is 0 Å². The lowest BCUT2D eigenvalue weighted by atomic mass is 9.99. The molecule has 1 unspecified atom stereocenters. The quantitative estimate of drug-likeness (QED) is 0.780. The molecule has 0 saturated carbocycles. The van der Waals surface area contributed by atoms with Crippen LogP contribution in [-0.2, 0) is 4.79 Å². The molecule has 0 aliphatic carbocycles. The van der Waals surface area contributed by atoms with Crippen molar-refractivity contribution in [2.75, 3.05) is 0 Å². The molecule has 0 fully saturated rings. The van der Waals surface area contributed by atoms with E-state index in [-0.39, 0.29) is 17.9 Å². The second-order valence-electron chi connectivity index (χ2n) is 5.28. The van der Waals surface area contributed by atoms with Crippen molar-refractivity contribution in [2.24, 2.45) is 11.7 Å². The summed E-state index contributed by atoms with van der Waals surface area (Å²) in [7, 11) is 0. The maximum absolute atomic E-state index is 12.1. The Hall–Kier alpha value is -1.88. The number of para-hydroxylation sites is 2. The Morgan fingerprint density at radius 3 is 2.75 bits per heavy atom. The van der Waals surface area contributed by atoms with Crippen LogP contribution in [0.5, 0.6) is 0 Å². The highest BCUT2D eigenvalue weighted by molar-refractivity contribution is 5.82. The first-order valence-corrected chi connectivity index (χ1v) is 7.03. The molecule has 2 rings (SSSR count). The van der Waals surface area contributed by atoms with Gasteiger partial charge in [-0.25, -0.2) is 4.98 Å². The van der Waals surface area contributed by atoms with E-state index in [1.165, 1.54) is 0 Å². The molecule has 0 aliphatic heterocycles. The molecule has 5 heteroatoms. The highest BCUT2D eigenvalue weighted by atomic mass is 16.2. The summed E-state index contributed by atoms with van der Waals surface area (Å²) in [6, 6.07) is 7.12. The number of hydrogen-bond acceptors (Lipinski definition) is 3. The van der Waals surface area contributed by atoms with E-state index in [1.807, 2.05) is 45.0 Å². The molecule has 20 heavy (non-hydrogen) atoms. The lowest BCUT2D eigenvalue weighted by Crippen LogP contribution is -2.45. The third-order valence-corrected chi connectivity index (χ3v) is 3.74. The molecule has 0 spiro atoms. The van der Waals surface area contributed by atoms with Crippen molar-refractivity contribution in [1.29, 1.82) is 0 Å². The van der Waals surface area contributed by atoms with Crippen LogP contribution in [0, 0.1) is 5.92 Å². The van der Waals surface area contributed by atoms with Gasteiger partial charge in [-0.3, -0.25) is 4.79 Å². The molecule has 0 bridgehead atoms. The lowest BCUT2D eigenvalue weighted by Gasteiger charge is -2.20. The van der Waals surface area contributed by atoms with E-state index in [4.69, 9.17) is 5.73 Å².